The van der Waals surface area contributed by atoms with Gasteiger partial charge in [-0.25, -0.2) is 19.3 Å². The van der Waals surface area contributed by atoms with Crippen LogP contribution in [0.3, 0.4) is 0 Å². The average molecular weight is 584 g/mol. The summed E-state index contributed by atoms with van der Waals surface area (Å²) in [5, 5.41) is 5.93. The smallest absolute Gasteiger partial charge is 0.410 e. The number of benzene rings is 2. The third-order valence-corrected chi connectivity index (χ3v) is 7.62. The largest absolute Gasteiger partial charge is 0.461 e. The van der Waals surface area contributed by atoms with Crippen molar-refractivity contribution in [3.63, 3.8) is 0 Å². The van der Waals surface area contributed by atoms with E-state index >= 15 is 0 Å². The van der Waals surface area contributed by atoms with Gasteiger partial charge in [-0.15, -0.1) is 0 Å². The Kier molecular flexibility index (Phi) is 7.79. The van der Waals surface area contributed by atoms with Crippen molar-refractivity contribution in [2.24, 2.45) is 0 Å². The first-order chi connectivity index (χ1) is 20.7. The maximum absolute atomic E-state index is 13.0. The highest BCUT2D eigenvalue weighted by atomic mass is 16.6. The molecule has 4 heterocycles. The van der Waals surface area contributed by atoms with Crippen LogP contribution >= 0.6 is 0 Å². The fourth-order valence-corrected chi connectivity index (χ4v) is 5.52. The number of anilines is 1. The van der Waals surface area contributed by atoms with Gasteiger partial charge < -0.3 is 24.0 Å². The molecule has 2 saturated heterocycles. The second kappa shape index (κ2) is 11.7. The molecule has 4 aromatic rings. The molecule has 224 valence electrons. The van der Waals surface area contributed by atoms with Crippen molar-refractivity contribution in [1.29, 1.82) is 0 Å². The molecule has 0 bridgehead atoms. The van der Waals surface area contributed by atoms with E-state index in [1.54, 1.807) is 22.6 Å². The number of nitrogens with zero attached hydrogens (tertiary/aromatic N) is 5. The van der Waals surface area contributed by atoms with E-state index in [9.17, 15) is 9.59 Å². The van der Waals surface area contributed by atoms with Crippen molar-refractivity contribution in [3.05, 3.63) is 72.1 Å². The minimum atomic E-state index is -0.572. The zero-order valence-electron chi connectivity index (χ0n) is 25.1. The van der Waals surface area contributed by atoms with Gasteiger partial charge in [0.1, 0.15) is 5.60 Å². The molecule has 2 fully saturated rings. The number of aromatic nitrogens is 3. The third kappa shape index (κ3) is 5.92. The van der Waals surface area contributed by atoms with Gasteiger partial charge in [-0.1, -0.05) is 30.3 Å². The molecule has 0 N–H and O–H groups in total. The molecule has 0 saturated carbocycles. The lowest BCUT2D eigenvalue weighted by molar-refractivity contribution is 0.00793. The van der Waals surface area contributed by atoms with Gasteiger partial charge >= 0.3 is 12.1 Å². The number of carbonyl (C=O) groups is 2. The van der Waals surface area contributed by atoms with Crippen LogP contribution in [0.2, 0.25) is 0 Å². The molecule has 2 aliphatic rings. The minimum absolute atomic E-state index is 0.0263. The molecule has 10 nitrogen and oxygen atoms in total. The van der Waals surface area contributed by atoms with Gasteiger partial charge in [-0.05, 0) is 69.2 Å². The number of carbonyl (C=O) groups excluding carboxylic acids is 2. The van der Waals surface area contributed by atoms with Crippen LogP contribution in [0.1, 0.15) is 49.8 Å². The highest BCUT2D eigenvalue weighted by Gasteiger charge is 2.38. The number of amides is 1. The Morgan fingerprint density at radius 3 is 2.33 bits per heavy atom. The molecule has 43 heavy (non-hydrogen) atoms. The lowest BCUT2D eigenvalue weighted by Crippen LogP contribution is -2.50. The Hall–Kier alpha value is -4.44. The number of morpholine rings is 1. The second-order valence-electron chi connectivity index (χ2n) is 11.8. The molecule has 6 rings (SSSR count). The molecular weight excluding hydrogens is 546 g/mol. The number of ether oxygens (including phenoxy) is 3. The zero-order valence-corrected chi connectivity index (χ0v) is 25.1. The summed E-state index contributed by atoms with van der Waals surface area (Å²) in [5.41, 5.74) is 4.76. The van der Waals surface area contributed by atoms with E-state index < -0.39 is 11.6 Å². The van der Waals surface area contributed by atoms with Crippen LogP contribution in [0, 0.1) is 0 Å². The minimum Gasteiger partial charge on any atom is -0.461 e. The summed E-state index contributed by atoms with van der Waals surface area (Å²) in [5.74, 6) is -0.515. The van der Waals surface area contributed by atoms with Crippen LogP contribution in [0.25, 0.3) is 27.8 Å². The molecule has 1 amide bonds. The van der Waals surface area contributed by atoms with Crippen molar-refractivity contribution in [2.45, 2.75) is 39.2 Å². The first kappa shape index (κ1) is 28.7. The Morgan fingerprint density at radius 1 is 0.977 bits per heavy atom. The van der Waals surface area contributed by atoms with Crippen molar-refractivity contribution in [2.75, 3.05) is 50.9 Å². The first-order valence-electron chi connectivity index (χ1n) is 14.8. The number of rotatable bonds is 6. The van der Waals surface area contributed by atoms with Crippen LogP contribution in [0.15, 0.2) is 60.7 Å². The topological polar surface area (TPSA) is 99.0 Å². The van der Waals surface area contributed by atoms with Crippen LogP contribution in [-0.4, -0.2) is 83.3 Å². The Balaban J connectivity index is 1.47. The van der Waals surface area contributed by atoms with E-state index in [0.29, 0.717) is 32.0 Å². The third-order valence-electron chi connectivity index (χ3n) is 7.62. The predicted octanol–water partition coefficient (Wildman–Crippen LogP) is 5.44. The molecule has 0 aliphatic carbocycles. The van der Waals surface area contributed by atoms with Crippen molar-refractivity contribution in [3.8, 4) is 16.8 Å². The lowest BCUT2D eigenvalue weighted by Gasteiger charge is -2.39. The van der Waals surface area contributed by atoms with Crippen molar-refractivity contribution in [1.82, 2.24) is 19.7 Å². The monoisotopic (exact) mass is 583 g/mol. The van der Waals surface area contributed by atoms with Gasteiger partial charge in [0.05, 0.1) is 36.6 Å². The standard InChI is InChI=1S/C33H37N5O5/c1-5-42-31(39)27-19-26(22-11-13-24(14-12-22)36-15-17-41-18-16-36)28-29(23-20-37(21-23)32(40)43-33(2,3)4)35-38(30(28)34-27)25-9-7-6-8-10-25/h6-14,19,23H,5,15-18,20-21H2,1-4H3. The van der Waals surface area contributed by atoms with Crippen LogP contribution < -0.4 is 4.90 Å². The normalized spacial score (nSPS) is 15.8. The molecule has 0 unspecified atom stereocenters. The van der Waals surface area contributed by atoms with E-state index in [-0.39, 0.29) is 24.3 Å². The molecule has 2 aromatic carbocycles. The van der Waals surface area contributed by atoms with Gasteiger partial charge in [-0.2, -0.15) is 5.10 Å². The number of esters is 1. The van der Waals surface area contributed by atoms with Gasteiger partial charge in [0.15, 0.2) is 11.3 Å². The van der Waals surface area contributed by atoms with Crippen molar-refractivity contribution >= 4 is 28.8 Å². The fourth-order valence-electron chi connectivity index (χ4n) is 5.52. The van der Waals surface area contributed by atoms with Gasteiger partial charge in [0.2, 0.25) is 0 Å². The SMILES string of the molecule is CCOC(=O)c1cc(-c2ccc(N3CCOCC3)cc2)c2c(C3CN(C(=O)OC(C)(C)C)C3)nn(-c3ccccc3)c2n1. The second-order valence-corrected chi connectivity index (χ2v) is 11.8. The molecule has 0 atom stereocenters. The number of likely N-dealkylation sites (tertiary alicyclic amines) is 1. The van der Waals surface area contributed by atoms with Gasteiger partial charge in [-0.3, -0.25) is 0 Å². The Labute approximate surface area is 251 Å². The van der Waals surface area contributed by atoms with Crippen LogP contribution in [0.5, 0.6) is 0 Å². The fraction of sp³-hybridized carbons (Fsp3) is 0.394. The predicted molar refractivity (Wildman–Crippen MR) is 164 cm³/mol. The number of hydrogen-bond donors (Lipinski definition) is 0. The van der Waals surface area contributed by atoms with E-state index in [2.05, 4.69) is 29.2 Å². The van der Waals surface area contributed by atoms with E-state index in [0.717, 1.165) is 46.7 Å². The highest BCUT2D eigenvalue weighted by molar-refractivity contribution is 6.01. The molecule has 10 heteroatoms. The summed E-state index contributed by atoms with van der Waals surface area (Å²) >= 11 is 0. The van der Waals surface area contributed by atoms with E-state index in [1.165, 1.54) is 0 Å². The quantitative estimate of drug-likeness (QED) is 0.277. The van der Waals surface area contributed by atoms with Crippen LogP contribution in [0.4, 0.5) is 10.5 Å². The first-order valence-corrected chi connectivity index (χ1v) is 14.8. The Bertz CT molecular complexity index is 1620. The van der Waals surface area contributed by atoms with Crippen LogP contribution in [-0.2, 0) is 14.2 Å². The summed E-state index contributed by atoms with van der Waals surface area (Å²) < 4.78 is 18.3. The number of para-hydroxylation sites is 1. The van der Waals surface area contributed by atoms with E-state index in [4.69, 9.17) is 24.3 Å². The van der Waals surface area contributed by atoms with Crippen molar-refractivity contribution < 1.29 is 23.8 Å². The molecule has 0 radical (unpaired) electrons. The van der Waals surface area contributed by atoms with Gasteiger partial charge in [0, 0.05) is 37.8 Å². The lowest BCUT2D eigenvalue weighted by atomic mass is 9.91. The summed E-state index contributed by atoms with van der Waals surface area (Å²) in [7, 11) is 0. The molecular formula is C33H37N5O5. The zero-order chi connectivity index (χ0) is 30.1. The highest BCUT2D eigenvalue weighted by Crippen LogP contribution is 2.39. The molecule has 2 aromatic heterocycles. The maximum Gasteiger partial charge on any atom is 0.410 e. The number of fused-ring (bicyclic) bond motifs is 1. The summed E-state index contributed by atoms with van der Waals surface area (Å²) in [6.45, 7) is 11.7. The number of pyridine rings is 1. The van der Waals surface area contributed by atoms with Gasteiger partial charge in [0.25, 0.3) is 0 Å². The van der Waals surface area contributed by atoms with E-state index in [1.807, 2.05) is 51.1 Å². The average Bonchev–Trinajstić information content (AvgIpc) is 3.35. The maximum atomic E-state index is 13.0. The summed E-state index contributed by atoms with van der Waals surface area (Å²) in [4.78, 5) is 34.6. The Morgan fingerprint density at radius 2 is 1.67 bits per heavy atom. The summed E-state index contributed by atoms with van der Waals surface area (Å²) in [6.07, 6.45) is -0.336. The molecule has 2 aliphatic heterocycles. The number of hydrogen-bond acceptors (Lipinski definition) is 8. The summed E-state index contributed by atoms with van der Waals surface area (Å²) in [6, 6.07) is 19.9. The molecule has 0 spiro atoms.